The monoisotopic (exact) mass is 746 g/mol. The first kappa shape index (κ1) is 17.5. The van der Waals surface area contributed by atoms with Gasteiger partial charge in [0.15, 0.2) is 0 Å². The minimum Gasteiger partial charge on any atom is -0.307 e. The summed E-state index contributed by atoms with van der Waals surface area (Å²) in [4.78, 5) is 0. The predicted octanol–water partition coefficient (Wildman–Crippen LogP) is 14.3. The van der Waals surface area contributed by atoms with E-state index in [1.165, 1.54) is 4.57 Å². The van der Waals surface area contributed by atoms with Crippen LogP contribution in [0.15, 0.2) is 212 Å². The summed E-state index contributed by atoms with van der Waals surface area (Å²) < 4.78 is 198. The summed E-state index contributed by atoms with van der Waals surface area (Å²) in [6, 6.07) is 9.74. The van der Waals surface area contributed by atoms with Gasteiger partial charge >= 0.3 is 0 Å². The zero-order chi connectivity index (χ0) is 55.7. The molecule has 3 aromatic heterocycles. The second-order valence-corrected chi connectivity index (χ2v) is 13.4. The highest BCUT2D eigenvalue weighted by molar-refractivity contribution is 6.17. The number of para-hydroxylation sites is 6. The van der Waals surface area contributed by atoms with Crippen molar-refractivity contribution in [3.63, 3.8) is 0 Å². The van der Waals surface area contributed by atoms with E-state index in [0.717, 1.165) is 26.3 Å². The third kappa shape index (κ3) is 4.73. The number of aromatic nitrogens is 3. The molecule has 0 amide bonds. The summed E-state index contributed by atoms with van der Waals surface area (Å²) in [6.07, 6.45) is 0. The third-order valence-electron chi connectivity index (χ3n) is 10.4. The SMILES string of the molecule is [2H]c1cc2c3c([2H])c([2H])c([2H])c([2H])c3n(-c3c([2H])c([2H])c([2H])c4c5c([2H])c([2H])c([2H])c([2H])c5n(-c5c([2H])c([2H])c([2H])c6c7c([2H])c([2H])c([2H])c([2H])c7n(-c7cccc(-c8ccc(-c9ccccc9)cc8)c7)c56)c34)c2c([2H])c1[2H]. The molecule has 0 radical (unpaired) electrons. The number of benzene rings is 9. The van der Waals surface area contributed by atoms with Crippen LogP contribution in [0.2, 0.25) is 0 Å². The van der Waals surface area contributed by atoms with Crippen LogP contribution in [-0.4, -0.2) is 13.7 Å². The molecule has 0 N–H and O–H groups in total. The fraction of sp³-hybridized carbons (Fsp3) is 0. The second-order valence-electron chi connectivity index (χ2n) is 13.4. The van der Waals surface area contributed by atoms with E-state index in [-0.39, 0.29) is 43.8 Å². The third-order valence-corrected chi connectivity index (χ3v) is 10.4. The topological polar surface area (TPSA) is 14.8 Å². The second kappa shape index (κ2) is 12.5. The molecule has 3 heteroatoms. The quantitative estimate of drug-likeness (QED) is 0.167. The van der Waals surface area contributed by atoms with Crippen molar-refractivity contribution >= 4 is 65.4 Å². The molecule has 12 rings (SSSR count). The number of fused-ring (bicyclic) bond motifs is 9. The fourth-order valence-corrected chi connectivity index (χ4v) is 7.94. The smallest absolute Gasteiger partial charge is 0.0783 e. The number of hydrogen-bond donors (Lipinski definition) is 0. The van der Waals surface area contributed by atoms with Gasteiger partial charge in [0.25, 0.3) is 0 Å². The molecular weight excluding hydrogens is 691 g/mol. The maximum absolute atomic E-state index is 10.00. The van der Waals surface area contributed by atoms with Crippen molar-refractivity contribution in [1.29, 1.82) is 0 Å². The van der Waals surface area contributed by atoms with E-state index in [9.17, 15) is 16.4 Å². The molecule has 0 saturated heterocycles. The molecule has 0 unspecified atom stereocenters. The molecule has 0 saturated carbocycles. The highest BCUT2D eigenvalue weighted by atomic mass is 15.1. The molecule has 3 heterocycles. The van der Waals surface area contributed by atoms with Crippen LogP contribution in [-0.2, 0) is 0 Å². The van der Waals surface area contributed by atoms with Crippen LogP contribution in [0.3, 0.4) is 0 Å². The van der Waals surface area contributed by atoms with Gasteiger partial charge in [0.05, 0.1) is 73.3 Å². The lowest BCUT2D eigenvalue weighted by atomic mass is 10.00. The van der Waals surface area contributed by atoms with Gasteiger partial charge in [-0.25, -0.2) is 0 Å². The Balaban J connectivity index is 1.36. The number of nitrogens with zero attached hydrogens (tertiary/aromatic N) is 3. The van der Waals surface area contributed by atoms with Crippen LogP contribution in [0, 0.1) is 0 Å². The molecule has 3 nitrogen and oxygen atoms in total. The molecule has 12 aromatic rings. The Morgan fingerprint density at radius 1 is 0.298 bits per heavy atom. The van der Waals surface area contributed by atoms with Gasteiger partial charge in [-0.3, -0.25) is 0 Å². The van der Waals surface area contributed by atoms with E-state index in [4.69, 9.17) is 12.3 Å². The van der Waals surface area contributed by atoms with Crippen molar-refractivity contribution in [1.82, 2.24) is 13.7 Å². The maximum Gasteiger partial charge on any atom is 0.0783 e. The minimum atomic E-state index is -0.865. The van der Waals surface area contributed by atoms with E-state index < -0.39 is 166 Å². The molecule has 0 atom stereocenters. The van der Waals surface area contributed by atoms with Gasteiger partial charge in [0.2, 0.25) is 0 Å². The van der Waals surface area contributed by atoms with Crippen LogP contribution in [0.5, 0.6) is 0 Å². The average Bonchev–Trinajstić information content (AvgIpc) is 4.31. The average molecular weight is 747 g/mol. The highest BCUT2D eigenvalue weighted by Gasteiger charge is 2.23. The molecule has 0 aliphatic carbocycles. The van der Waals surface area contributed by atoms with Gasteiger partial charge in [-0.1, -0.05) is 163 Å². The largest absolute Gasteiger partial charge is 0.307 e. The first-order valence-corrected chi connectivity index (χ1v) is 17.9. The molecule has 0 aliphatic rings. The van der Waals surface area contributed by atoms with Gasteiger partial charge in [-0.2, -0.15) is 0 Å². The van der Waals surface area contributed by atoms with Crippen LogP contribution < -0.4 is 0 Å². The fourth-order valence-electron chi connectivity index (χ4n) is 7.94. The maximum atomic E-state index is 10.00. The zero-order valence-corrected chi connectivity index (χ0v) is 29.4. The van der Waals surface area contributed by atoms with Crippen molar-refractivity contribution in [2.75, 3.05) is 0 Å². The van der Waals surface area contributed by atoms with E-state index in [0.29, 0.717) is 11.1 Å². The summed E-state index contributed by atoms with van der Waals surface area (Å²) in [5.41, 5.74) is -0.0122. The molecule has 0 spiro atoms. The van der Waals surface area contributed by atoms with Gasteiger partial charge in [0, 0.05) is 38.0 Å². The van der Waals surface area contributed by atoms with Crippen molar-refractivity contribution in [3.8, 4) is 39.3 Å². The first-order chi connectivity index (χ1) is 37.0. The molecular formula is C54H35N3. The van der Waals surface area contributed by atoms with E-state index >= 15 is 0 Å². The van der Waals surface area contributed by atoms with Crippen LogP contribution >= 0.6 is 0 Å². The number of hydrogen-bond acceptors (Lipinski definition) is 0. The predicted molar refractivity (Wildman–Crippen MR) is 240 cm³/mol. The van der Waals surface area contributed by atoms with Crippen LogP contribution in [0.25, 0.3) is 105 Å². The molecule has 0 bridgehead atoms. The Kier molecular flexibility index (Phi) is 3.81. The van der Waals surface area contributed by atoms with Crippen molar-refractivity contribution in [3.05, 3.63) is 212 Å². The Morgan fingerprint density at radius 3 is 1.42 bits per heavy atom. The first-order valence-electron chi connectivity index (χ1n) is 28.4. The summed E-state index contributed by atoms with van der Waals surface area (Å²) in [6.45, 7) is 0. The zero-order valence-electron chi connectivity index (χ0n) is 50.4. The van der Waals surface area contributed by atoms with E-state index in [2.05, 4.69) is 0 Å². The lowest BCUT2D eigenvalue weighted by Gasteiger charge is -2.17. The van der Waals surface area contributed by atoms with Gasteiger partial charge in [-0.15, -0.1) is 0 Å². The summed E-state index contributed by atoms with van der Waals surface area (Å²) in [5, 5.41) is -1.90. The van der Waals surface area contributed by atoms with Crippen LogP contribution in [0.4, 0.5) is 0 Å². The van der Waals surface area contributed by atoms with Gasteiger partial charge < -0.3 is 13.7 Å². The van der Waals surface area contributed by atoms with E-state index in [1.807, 2.05) is 54.6 Å². The van der Waals surface area contributed by atoms with Crippen LogP contribution in [0.1, 0.15) is 28.8 Å². The lowest BCUT2D eigenvalue weighted by Crippen LogP contribution is -2.03. The summed E-state index contributed by atoms with van der Waals surface area (Å²) in [5.74, 6) is 0. The lowest BCUT2D eigenvalue weighted by molar-refractivity contribution is 1.11. The standard InChI is InChI=1S/C54H35N3/c1-2-15-36(16-3-1)37-31-33-38(34-32-37)39-17-12-18-40(35-39)55-47-25-8-6-21-43(47)45-23-14-30-52(53(45)55)57-50-28-11-7-22-44(50)46-24-13-29-51(54(46)57)56-48-26-9-4-19-41(48)42-20-5-10-27-49(42)56/h1-35H/i4D,5D,6D,7D,8D,9D,10D,11D,13D,14D,19D,21D,22D,23D,24D,25D,26D,27D,28D,29D,30D. The molecule has 57 heavy (non-hydrogen) atoms. The van der Waals surface area contributed by atoms with Gasteiger partial charge in [0.1, 0.15) is 0 Å². The van der Waals surface area contributed by atoms with Crippen molar-refractivity contribution in [2.24, 2.45) is 0 Å². The van der Waals surface area contributed by atoms with E-state index in [1.54, 1.807) is 24.3 Å². The molecule has 0 aliphatic heterocycles. The molecule has 9 aromatic carbocycles. The Bertz CT molecular complexity index is 4730. The summed E-state index contributed by atoms with van der Waals surface area (Å²) in [7, 11) is 0. The molecule has 0 fully saturated rings. The normalized spacial score (nSPS) is 17.0. The minimum absolute atomic E-state index is 0.155. The summed E-state index contributed by atoms with van der Waals surface area (Å²) >= 11 is 0. The van der Waals surface area contributed by atoms with Crippen molar-refractivity contribution in [2.45, 2.75) is 0 Å². The Hall–Kier alpha value is -7.62. The highest BCUT2D eigenvalue weighted by Crippen LogP contribution is 2.43. The number of rotatable bonds is 5. The van der Waals surface area contributed by atoms with Gasteiger partial charge in [-0.05, 0) is 70.6 Å². The van der Waals surface area contributed by atoms with Crippen molar-refractivity contribution < 1.29 is 28.8 Å². The Labute approximate surface area is 359 Å². The Morgan fingerprint density at radius 2 is 0.754 bits per heavy atom. The molecule has 266 valence electrons.